The molecule has 5 heteroatoms. The summed E-state index contributed by atoms with van der Waals surface area (Å²) in [7, 11) is 3.23. The van der Waals surface area contributed by atoms with Gasteiger partial charge in [0.15, 0.2) is 11.5 Å². The number of hydrogen-bond acceptors (Lipinski definition) is 5. The number of esters is 1. The summed E-state index contributed by atoms with van der Waals surface area (Å²) in [6, 6.07) is 23.2. The Balaban J connectivity index is 1.26. The van der Waals surface area contributed by atoms with Crippen molar-refractivity contribution in [3.8, 4) is 11.5 Å². The van der Waals surface area contributed by atoms with Crippen LogP contribution in [0.15, 0.2) is 72.3 Å². The minimum atomic E-state index is -0.309. The van der Waals surface area contributed by atoms with Crippen LogP contribution in [-0.2, 0) is 9.53 Å². The van der Waals surface area contributed by atoms with E-state index in [1.54, 1.807) is 14.2 Å². The standard InChI is InChI=1S/C34H37NO4/c1-24(36)39-31(28-16-17-32(37-2)33(23-28)38-3)13-8-20-35-21-18-27(19-22-35)34-29-11-6-4-9-25(29)14-15-26-10-5-7-12-30(26)34/h4-7,9-12,14-17,23,31H,8,13,18-22H2,1-3H3. The molecule has 1 saturated heterocycles. The first-order chi connectivity index (χ1) is 19.1. The summed E-state index contributed by atoms with van der Waals surface area (Å²) in [5.41, 5.74) is 9.11. The van der Waals surface area contributed by atoms with Gasteiger partial charge in [0.25, 0.3) is 0 Å². The fraction of sp³-hybridized carbons (Fsp3) is 0.324. The van der Waals surface area contributed by atoms with E-state index >= 15 is 0 Å². The molecule has 0 aromatic heterocycles. The number of nitrogens with zero attached hydrogens (tertiary/aromatic N) is 1. The monoisotopic (exact) mass is 523 g/mol. The van der Waals surface area contributed by atoms with Gasteiger partial charge in [-0.3, -0.25) is 4.79 Å². The molecule has 1 fully saturated rings. The van der Waals surface area contributed by atoms with Crippen LogP contribution in [0.2, 0.25) is 0 Å². The molecule has 3 aromatic carbocycles. The second kappa shape index (κ2) is 12.4. The average molecular weight is 524 g/mol. The van der Waals surface area contributed by atoms with E-state index in [0.29, 0.717) is 11.5 Å². The zero-order chi connectivity index (χ0) is 27.2. The molecular formula is C34H37NO4. The van der Waals surface area contributed by atoms with E-state index in [0.717, 1.165) is 50.9 Å². The van der Waals surface area contributed by atoms with E-state index < -0.39 is 0 Å². The van der Waals surface area contributed by atoms with Crippen LogP contribution in [-0.4, -0.2) is 44.7 Å². The lowest BCUT2D eigenvalue weighted by Crippen LogP contribution is -2.32. The number of carbonyl (C=O) groups excluding carboxylic acids is 1. The first-order valence-electron chi connectivity index (χ1n) is 13.8. The topological polar surface area (TPSA) is 48.0 Å². The zero-order valence-corrected chi connectivity index (χ0v) is 23.1. The minimum absolute atomic E-state index is 0.275. The molecule has 5 nitrogen and oxygen atoms in total. The molecule has 0 saturated carbocycles. The summed E-state index contributed by atoms with van der Waals surface area (Å²) >= 11 is 0. The van der Waals surface area contributed by atoms with E-state index in [9.17, 15) is 4.79 Å². The number of methoxy groups -OCH3 is 2. The highest BCUT2D eigenvalue weighted by atomic mass is 16.5. The van der Waals surface area contributed by atoms with Crippen LogP contribution in [0.25, 0.3) is 17.7 Å². The molecule has 202 valence electrons. The number of carbonyl (C=O) groups is 1. The second-order valence-corrected chi connectivity index (χ2v) is 10.2. The van der Waals surface area contributed by atoms with Crippen LogP contribution >= 0.6 is 0 Å². The van der Waals surface area contributed by atoms with Crippen molar-refractivity contribution < 1.29 is 19.0 Å². The fourth-order valence-electron chi connectivity index (χ4n) is 5.79. The van der Waals surface area contributed by atoms with Crippen molar-refractivity contribution in [3.63, 3.8) is 0 Å². The van der Waals surface area contributed by atoms with Gasteiger partial charge in [-0.2, -0.15) is 0 Å². The maximum absolute atomic E-state index is 11.9. The number of benzene rings is 3. The minimum Gasteiger partial charge on any atom is -0.493 e. The first-order valence-corrected chi connectivity index (χ1v) is 13.8. The Hall–Kier alpha value is -3.83. The largest absolute Gasteiger partial charge is 0.493 e. The van der Waals surface area contributed by atoms with Crippen molar-refractivity contribution in [2.45, 2.75) is 38.7 Å². The van der Waals surface area contributed by atoms with E-state index in [4.69, 9.17) is 14.2 Å². The van der Waals surface area contributed by atoms with Crippen LogP contribution in [0.5, 0.6) is 11.5 Å². The van der Waals surface area contributed by atoms with E-state index in [1.807, 2.05) is 18.2 Å². The predicted molar refractivity (Wildman–Crippen MR) is 157 cm³/mol. The van der Waals surface area contributed by atoms with Gasteiger partial charge in [-0.15, -0.1) is 0 Å². The summed E-state index contributed by atoms with van der Waals surface area (Å²) in [5, 5.41) is 0. The number of likely N-dealkylation sites (tertiary alicyclic amines) is 1. The molecule has 2 aliphatic rings. The van der Waals surface area contributed by atoms with Crippen LogP contribution < -0.4 is 9.47 Å². The highest BCUT2D eigenvalue weighted by molar-refractivity contribution is 5.94. The Bertz CT molecular complexity index is 1330. The fourth-order valence-corrected chi connectivity index (χ4v) is 5.79. The van der Waals surface area contributed by atoms with Gasteiger partial charge in [0, 0.05) is 20.0 Å². The smallest absolute Gasteiger partial charge is 0.303 e. The van der Waals surface area contributed by atoms with Crippen molar-refractivity contribution in [1.82, 2.24) is 4.90 Å². The van der Waals surface area contributed by atoms with Crippen LogP contribution in [0.3, 0.4) is 0 Å². The molecule has 0 amide bonds. The number of ether oxygens (including phenoxy) is 3. The van der Waals surface area contributed by atoms with Crippen molar-refractivity contribution in [1.29, 1.82) is 0 Å². The zero-order valence-electron chi connectivity index (χ0n) is 23.1. The summed E-state index contributed by atoms with van der Waals surface area (Å²) < 4.78 is 16.5. The third-order valence-corrected chi connectivity index (χ3v) is 7.74. The van der Waals surface area contributed by atoms with Gasteiger partial charge < -0.3 is 19.1 Å². The molecule has 1 aliphatic heterocycles. The highest BCUT2D eigenvalue weighted by Crippen LogP contribution is 2.39. The molecule has 5 rings (SSSR count). The van der Waals surface area contributed by atoms with Crippen molar-refractivity contribution in [3.05, 3.63) is 100 Å². The normalized spacial score (nSPS) is 15.7. The molecule has 1 heterocycles. The van der Waals surface area contributed by atoms with Gasteiger partial charge in [0.1, 0.15) is 6.10 Å². The Morgan fingerprint density at radius 3 is 2.05 bits per heavy atom. The number of hydrogen-bond donors (Lipinski definition) is 0. The Morgan fingerprint density at radius 1 is 0.846 bits per heavy atom. The summed E-state index contributed by atoms with van der Waals surface area (Å²) in [6.45, 7) is 4.51. The third kappa shape index (κ3) is 6.10. The molecule has 0 N–H and O–H groups in total. The van der Waals surface area contributed by atoms with Crippen LogP contribution in [0.1, 0.15) is 66.5 Å². The lowest BCUT2D eigenvalue weighted by atomic mass is 9.86. The van der Waals surface area contributed by atoms with Crippen molar-refractivity contribution in [2.75, 3.05) is 33.9 Å². The van der Waals surface area contributed by atoms with Crippen molar-refractivity contribution in [2.24, 2.45) is 0 Å². The summed E-state index contributed by atoms with van der Waals surface area (Å²) in [5.74, 6) is 1.03. The highest BCUT2D eigenvalue weighted by Gasteiger charge is 2.23. The quantitative estimate of drug-likeness (QED) is 0.229. The molecule has 1 unspecified atom stereocenters. The lowest BCUT2D eigenvalue weighted by molar-refractivity contribution is -0.147. The maximum atomic E-state index is 11.9. The maximum Gasteiger partial charge on any atom is 0.303 e. The van der Waals surface area contributed by atoms with Crippen LogP contribution in [0.4, 0.5) is 0 Å². The molecule has 0 bridgehead atoms. The van der Waals surface area contributed by atoms with E-state index in [1.165, 1.54) is 40.3 Å². The molecular weight excluding hydrogens is 486 g/mol. The van der Waals surface area contributed by atoms with Gasteiger partial charge in [0.05, 0.1) is 14.2 Å². The molecule has 39 heavy (non-hydrogen) atoms. The first kappa shape index (κ1) is 26.8. The van der Waals surface area contributed by atoms with Gasteiger partial charge >= 0.3 is 5.97 Å². The van der Waals surface area contributed by atoms with Crippen LogP contribution in [0, 0.1) is 0 Å². The summed E-state index contributed by atoms with van der Waals surface area (Å²) in [4.78, 5) is 14.4. The number of piperidine rings is 1. The Kier molecular flexibility index (Phi) is 8.48. The SMILES string of the molecule is COc1ccc(C(CCCN2CCC(=C3c4ccccc4C=Cc4ccccc43)CC2)OC(C)=O)cc1OC. The number of rotatable bonds is 8. The Labute approximate surface area is 231 Å². The number of fused-ring (bicyclic) bond motifs is 2. The lowest BCUT2D eigenvalue weighted by Gasteiger charge is -2.31. The molecule has 3 aromatic rings. The van der Waals surface area contributed by atoms with Crippen molar-refractivity contribution >= 4 is 23.7 Å². The predicted octanol–water partition coefficient (Wildman–Crippen LogP) is 7.17. The Morgan fingerprint density at radius 2 is 1.46 bits per heavy atom. The molecule has 1 aliphatic carbocycles. The molecule has 1 atom stereocenters. The summed E-state index contributed by atoms with van der Waals surface area (Å²) in [6.07, 6.45) is 7.99. The van der Waals surface area contributed by atoms with Gasteiger partial charge in [0.2, 0.25) is 0 Å². The van der Waals surface area contributed by atoms with Gasteiger partial charge in [-0.05, 0) is 77.8 Å². The van der Waals surface area contributed by atoms with E-state index in [2.05, 4.69) is 65.6 Å². The van der Waals surface area contributed by atoms with Gasteiger partial charge in [-0.25, -0.2) is 0 Å². The molecule has 0 spiro atoms. The van der Waals surface area contributed by atoms with E-state index in [-0.39, 0.29) is 12.1 Å². The third-order valence-electron chi connectivity index (χ3n) is 7.74. The van der Waals surface area contributed by atoms with Gasteiger partial charge in [-0.1, -0.05) is 72.3 Å². The molecule has 0 radical (unpaired) electrons. The second-order valence-electron chi connectivity index (χ2n) is 10.2. The average Bonchev–Trinajstić information content (AvgIpc) is 3.13.